The van der Waals surface area contributed by atoms with Gasteiger partial charge in [0, 0.05) is 38.2 Å². The number of furan rings is 1. The number of para-hydroxylation sites is 4. The zero-order chi connectivity index (χ0) is 59.6. The third-order valence-corrected chi connectivity index (χ3v) is 8.35. The standard InChI is InChI=1S/C48H30N2O/c1-3-13-31(14-4-1)35-27-28-43(47-40-19-9-12-22-46(40)51-48(35)47)50-42-21-11-8-18-37(42)39-26-24-33(30-45(39)50)32-23-25-38-36-17-7-10-20-41(36)49(44(38)29-32)34-15-5-2-6-16-34/h1-30H/i1D,2D,3D,4D,5D,6D,7D,8D,9D,10D,11D,12D,13D,14D,15D,16D,17D,18D,19D,20D,21D,22D,23D,24D,25D,26D,27D,28D,29D,30D. The molecule has 238 valence electrons. The average Bonchev–Trinajstić information content (AvgIpc) is 2.79. The minimum absolute atomic E-state index is 0.547. The smallest absolute Gasteiger partial charge is 0.145 e. The summed E-state index contributed by atoms with van der Waals surface area (Å²) in [6.07, 6.45) is 0. The molecule has 0 atom stereocenters. The Bertz CT molecular complexity index is 4820. The van der Waals surface area contributed by atoms with Crippen LogP contribution >= 0.6 is 0 Å². The molecule has 0 aliphatic carbocycles. The lowest BCUT2D eigenvalue weighted by atomic mass is 10.0. The fourth-order valence-corrected chi connectivity index (χ4v) is 6.26. The van der Waals surface area contributed by atoms with Crippen LogP contribution in [-0.2, 0) is 0 Å². The molecule has 11 rings (SSSR count). The average molecular weight is 681 g/mol. The second kappa shape index (κ2) is 10.8. The zero-order valence-electron chi connectivity index (χ0n) is 55.3. The third-order valence-electron chi connectivity index (χ3n) is 8.35. The van der Waals surface area contributed by atoms with Crippen molar-refractivity contribution in [2.45, 2.75) is 0 Å². The Morgan fingerprint density at radius 2 is 0.922 bits per heavy atom. The first-order chi connectivity index (χ1) is 37.8. The van der Waals surface area contributed by atoms with Gasteiger partial charge in [-0.15, -0.1) is 0 Å². The Balaban J connectivity index is 1.42. The van der Waals surface area contributed by atoms with Crippen LogP contribution in [0.3, 0.4) is 0 Å². The SMILES string of the molecule is [2H]c1c([2H])c([2H])c(-c2c([2H])c([2H])c(-n3c4c([2H])c([2H])c([2H])c([2H])c4c4c([2H])c([2H])c(-c5c([2H])c([2H])c6c7c([2H])c([2H])c([2H])c([2H])c7n(-c7c([2H])c([2H])c([2H])c([2H])c7[2H])c6c5[2H])c([2H])c43)c3c2oc2c([2H])c([2H])c([2H])c([2H])c23)c([2H])c1[2H]. The van der Waals surface area contributed by atoms with Crippen molar-refractivity contribution in [2.24, 2.45) is 0 Å². The fourth-order valence-electron chi connectivity index (χ4n) is 6.26. The van der Waals surface area contributed by atoms with E-state index in [0.29, 0.717) is 4.57 Å². The molecule has 0 radical (unpaired) electrons. The van der Waals surface area contributed by atoms with Crippen LogP contribution < -0.4 is 0 Å². The van der Waals surface area contributed by atoms with Crippen molar-refractivity contribution < 1.29 is 45.5 Å². The maximum Gasteiger partial charge on any atom is 0.145 e. The monoisotopic (exact) mass is 680 g/mol. The van der Waals surface area contributed by atoms with Crippen molar-refractivity contribution in [3.8, 4) is 33.6 Å². The highest BCUT2D eigenvalue weighted by molar-refractivity contribution is 6.17. The Kier molecular flexibility index (Phi) is 2.47. The molecule has 0 saturated carbocycles. The van der Waals surface area contributed by atoms with Crippen molar-refractivity contribution >= 4 is 65.6 Å². The second-order valence-electron chi connectivity index (χ2n) is 11.0. The molecule has 3 heteroatoms. The number of rotatable bonds is 4. The summed E-state index contributed by atoms with van der Waals surface area (Å²) in [6.45, 7) is 0. The number of nitrogens with zero attached hydrogens (tertiary/aromatic N) is 2. The van der Waals surface area contributed by atoms with E-state index < -0.39 is 280 Å². The number of hydrogen-bond acceptors (Lipinski definition) is 1. The van der Waals surface area contributed by atoms with E-state index in [9.17, 15) is 15.1 Å². The van der Waals surface area contributed by atoms with Crippen LogP contribution in [0, 0.1) is 0 Å². The third kappa shape index (κ3) is 4.12. The van der Waals surface area contributed by atoms with Crippen molar-refractivity contribution in [1.29, 1.82) is 0 Å². The second-order valence-corrected chi connectivity index (χ2v) is 11.0. The molecule has 0 bridgehead atoms. The Labute approximate surface area is 336 Å². The van der Waals surface area contributed by atoms with Gasteiger partial charge in [0.2, 0.25) is 0 Å². The molecule has 0 amide bonds. The van der Waals surface area contributed by atoms with Gasteiger partial charge in [-0.25, -0.2) is 0 Å². The predicted octanol–water partition coefficient (Wildman–Crippen LogP) is 13.1. The molecule has 11 aromatic rings. The van der Waals surface area contributed by atoms with Crippen LogP contribution in [0.15, 0.2) is 186 Å². The van der Waals surface area contributed by atoms with Crippen LogP contribution in [0.2, 0.25) is 0 Å². The Morgan fingerprint density at radius 1 is 0.392 bits per heavy atom. The van der Waals surface area contributed by atoms with Gasteiger partial charge in [-0.2, -0.15) is 0 Å². The van der Waals surface area contributed by atoms with Crippen LogP contribution in [0.5, 0.6) is 0 Å². The van der Waals surface area contributed by atoms with Gasteiger partial charge in [-0.1, -0.05) is 127 Å². The van der Waals surface area contributed by atoms with Crippen molar-refractivity contribution in [3.63, 3.8) is 0 Å². The van der Waals surface area contributed by atoms with Crippen LogP contribution in [-0.4, -0.2) is 9.13 Å². The minimum Gasteiger partial charge on any atom is -0.455 e. The molecule has 3 heterocycles. The van der Waals surface area contributed by atoms with Gasteiger partial charge in [0.05, 0.1) is 74.3 Å². The lowest BCUT2D eigenvalue weighted by molar-refractivity contribution is 0.670. The molecule has 3 aromatic heterocycles. The van der Waals surface area contributed by atoms with Gasteiger partial charge in [-0.05, 0) is 71.1 Å². The number of aromatic nitrogens is 2. The Morgan fingerprint density at radius 3 is 1.61 bits per heavy atom. The van der Waals surface area contributed by atoms with Crippen LogP contribution in [0.1, 0.15) is 41.1 Å². The number of benzene rings is 8. The summed E-state index contributed by atoms with van der Waals surface area (Å²) in [5, 5.41) is -3.63. The van der Waals surface area contributed by atoms with E-state index in [4.69, 9.17) is 30.5 Å². The van der Waals surface area contributed by atoms with E-state index in [1.807, 2.05) is 0 Å². The molecule has 0 aliphatic rings. The molecule has 3 nitrogen and oxygen atoms in total. The first-order valence-corrected chi connectivity index (χ1v) is 15.0. The summed E-state index contributed by atoms with van der Waals surface area (Å²) in [7, 11) is 0. The highest BCUT2D eigenvalue weighted by atomic mass is 16.3. The number of fused-ring (bicyclic) bond motifs is 9. The summed E-state index contributed by atoms with van der Waals surface area (Å²) in [5.41, 5.74) is -9.12. The molecular formula is C48H30N2O. The number of hydrogen-bond donors (Lipinski definition) is 0. The van der Waals surface area contributed by atoms with E-state index >= 15 is 0 Å². The lowest BCUT2D eigenvalue weighted by Crippen LogP contribution is -1.96. The quantitative estimate of drug-likeness (QED) is 0.181. The molecular weight excluding hydrogens is 621 g/mol. The molecule has 0 spiro atoms. The van der Waals surface area contributed by atoms with E-state index in [0.717, 1.165) is 4.57 Å². The Hall–Kier alpha value is -6.84. The fraction of sp³-hybridized carbons (Fsp3) is 0. The normalized spacial score (nSPS) is 20.2. The van der Waals surface area contributed by atoms with Gasteiger partial charge in [0.1, 0.15) is 11.2 Å². The molecule has 0 unspecified atom stereocenters. The van der Waals surface area contributed by atoms with Crippen molar-refractivity contribution in [3.05, 3.63) is 181 Å². The summed E-state index contributed by atoms with van der Waals surface area (Å²) < 4.78 is 279. The molecule has 0 saturated heterocycles. The van der Waals surface area contributed by atoms with E-state index in [1.54, 1.807) is 0 Å². The summed E-state index contributed by atoms with van der Waals surface area (Å²) >= 11 is 0. The molecule has 0 fully saturated rings. The lowest BCUT2D eigenvalue weighted by Gasteiger charge is -2.13. The maximum absolute atomic E-state index is 10.2. The van der Waals surface area contributed by atoms with E-state index in [2.05, 4.69) is 0 Å². The summed E-state index contributed by atoms with van der Waals surface area (Å²) in [4.78, 5) is 0. The van der Waals surface area contributed by atoms with Gasteiger partial charge in [0.15, 0.2) is 0 Å². The minimum atomic E-state index is -1.08. The van der Waals surface area contributed by atoms with E-state index in [1.165, 1.54) is 0 Å². The van der Waals surface area contributed by atoms with Gasteiger partial charge < -0.3 is 13.6 Å². The zero-order valence-corrected chi connectivity index (χ0v) is 25.3. The topological polar surface area (TPSA) is 23.0 Å². The first-order valence-electron chi connectivity index (χ1n) is 30.0. The summed E-state index contributed by atoms with van der Waals surface area (Å²) in [6, 6.07) is -28.3. The van der Waals surface area contributed by atoms with Crippen LogP contribution in [0.4, 0.5) is 0 Å². The first kappa shape index (κ1) is 11.6. The van der Waals surface area contributed by atoms with Crippen molar-refractivity contribution in [2.75, 3.05) is 0 Å². The largest absolute Gasteiger partial charge is 0.455 e. The van der Waals surface area contributed by atoms with Gasteiger partial charge >= 0.3 is 0 Å². The highest BCUT2D eigenvalue weighted by Gasteiger charge is 2.21. The molecule has 8 aromatic carbocycles. The maximum atomic E-state index is 10.2. The molecule has 51 heavy (non-hydrogen) atoms. The predicted molar refractivity (Wildman–Crippen MR) is 213 cm³/mol. The summed E-state index contributed by atoms with van der Waals surface area (Å²) in [5.74, 6) is 0. The molecule has 0 aliphatic heterocycles. The van der Waals surface area contributed by atoms with Crippen molar-refractivity contribution in [1.82, 2.24) is 9.13 Å². The van der Waals surface area contributed by atoms with Gasteiger partial charge in [0.25, 0.3) is 0 Å². The van der Waals surface area contributed by atoms with Crippen LogP contribution in [0.25, 0.3) is 99.2 Å². The highest BCUT2D eigenvalue weighted by Crippen LogP contribution is 2.43. The molecule has 0 N–H and O–H groups in total. The van der Waals surface area contributed by atoms with Gasteiger partial charge in [-0.3, -0.25) is 0 Å². The van der Waals surface area contributed by atoms with E-state index in [-0.39, 0.29) is 0 Å².